The maximum atomic E-state index is 4.68. The Kier molecular flexibility index (Phi) is 3.05. The molecule has 0 spiro atoms. The first-order chi connectivity index (χ1) is 10.7. The number of nitrogens with zero attached hydrogens (tertiary/aromatic N) is 2. The third kappa shape index (κ3) is 2.12. The first-order valence-electron chi connectivity index (χ1n) is 7.19. The number of benzene rings is 1. The number of nitrogens with one attached hydrogen (secondary N) is 1. The van der Waals surface area contributed by atoms with Crippen LogP contribution < -0.4 is 0 Å². The van der Waals surface area contributed by atoms with Gasteiger partial charge in [0.1, 0.15) is 5.65 Å². The summed E-state index contributed by atoms with van der Waals surface area (Å²) in [5.74, 6) is 0. The molecule has 0 saturated heterocycles. The van der Waals surface area contributed by atoms with Crippen LogP contribution in [0.25, 0.3) is 33.4 Å². The number of hydrogen-bond acceptors (Lipinski definition) is 3. The second kappa shape index (κ2) is 5.07. The zero-order chi connectivity index (χ0) is 15.1. The number of aryl methyl sites for hydroxylation is 2. The van der Waals surface area contributed by atoms with Gasteiger partial charge in [0.2, 0.25) is 0 Å². The average molecular weight is 305 g/mol. The Hall–Kier alpha value is -2.46. The van der Waals surface area contributed by atoms with E-state index in [1.54, 1.807) is 11.3 Å². The van der Waals surface area contributed by atoms with Gasteiger partial charge in [-0.1, -0.05) is 30.3 Å². The summed E-state index contributed by atoms with van der Waals surface area (Å²) in [6.45, 7) is 4.16. The molecular weight excluding hydrogens is 290 g/mol. The molecule has 0 aliphatic rings. The highest BCUT2D eigenvalue weighted by Gasteiger charge is 2.14. The number of H-pyrrole nitrogens is 1. The number of hydrogen-bond donors (Lipinski definition) is 1. The van der Waals surface area contributed by atoms with Gasteiger partial charge in [0.15, 0.2) is 0 Å². The van der Waals surface area contributed by atoms with Crippen molar-refractivity contribution in [1.82, 2.24) is 15.0 Å². The lowest BCUT2D eigenvalue weighted by Crippen LogP contribution is -1.83. The molecule has 0 bridgehead atoms. The number of thiazole rings is 1. The van der Waals surface area contributed by atoms with Gasteiger partial charge >= 0.3 is 0 Å². The predicted molar refractivity (Wildman–Crippen MR) is 92.1 cm³/mol. The van der Waals surface area contributed by atoms with Gasteiger partial charge < -0.3 is 4.98 Å². The zero-order valence-electron chi connectivity index (χ0n) is 12.4. The van der Waals surface area contributed by atoms with Crippen LogP contribution in [0.2, 0.25) is 0 Å². The summed E-state index contributed by atoms with van der Waals surface area (Å²) in [7, 11) is 0. The van der Waals surface area contributed by atoms with Crippen molar-refractivity contribution in [2.24, 2.45) is 0 Å². The number of rotatable bonds is 2. The van der Waals surface area contributed by atoms with Crippen molar-refractivity contribution in [3.8, 4) is 22.4 Å². The third-order valence-corrected chi connectivity index (χ3v) is 4.68. The number of aromatic nitrogens is 3. The first-order valence-corrected chi connectivity index (χ1v) is 8.01. The van der Waals surface area contributed by atoms with Crippen LogP contribution in [0.1, 0.15) is 9.88 Å². The number of aromatic amines is 1. The van der Waals surface area contributed by atoms with Crippen LogP contribution in [-0.4, -0.2) is 15.0 Å². The van der Waals surface area contributed by atoms with Crippen molar-refractivity contribution < 1.29 is 0 Å². The molecule has 3 aromatic heterocycles. The summed E-state index contributed by atoms with van der Waals surface area (Å²) in [6.07, 6.45) is 3.92. The van der Waals surface area contributed by atoms with E-state index in [-0.39, 0.29) is 0 Å². The van der Waals surface area contributed by atoms with Crippen molar-refractivity contribution in [2.75, 3.05) is 0 Å². The molecule has 0 fully saturated rings. The van der Waals surface area contributed by atoms with E-state index < -0.39 is 0 Å². The van der Waals surface area contributed by atoms with E-state index >= 15 is 0 Å². The number of pyridine rings is 1. The summed E-state index contributed by atoms with van der Waals surface area (Å²) >= 11 is 1.73. The molecule has 3 nitrogen and oxygen atoms in total. The Morgan fingerprint density at radius 2 is 1.86 bits per heavy atom. The molecule has 0 aliphatic heterocycles. The van der Waals surface area contributed by atoms with Crippen LogP contribution in [-0.2, 0) is 0 Å². The molecule has 4 heteroatoms. The van der Waals surface area contributed by atoms with Crippen molar-refractivity contribution >= 4 is 22.4 Å². The molecule has 1 aromatic carbocycles. The van der Waals surface area contributed by atoms with Crippen molar-refractivity contribution in [3.63, 3.8) is 0 Å². The van der Waals surface area contributed by atoms with Gasteiger partial charge in [0.05, 0.1) is 10.7 Å². The van der Waals surface area contributed by atoms with E-state index in [2.05, 4.69) is 40.1 Å². The van der Waals surface area contributed by atoms with E-state index in [9.17, 15) is 0 Å². The van der Waals surface area contributed by atoms with Crippen molar-refractivity contribution in [1.29, 1.82) is 0 Å². The SMILES string of the molecule is Cc1nc(-c2c[nH]c3ncc(-c4ccccc4)cc23)c(C)s1. The molecule has 1 N–H and O–H groups in total. The van der Waals surface area contributed by atoms with Crippen LogP contribution in [0.5, 0.6) is 0 Å². The minimum atomic E-state index is 0.903. The van der Waals surface area contributed by atoms with Crippen LogP contribution in [0, 0.1) is 13.8 Å². The van der Waals surface area contributed by atoms with Gasteiger partial charge in [-0.05, 0) is 25.5 Å². The van der Waals surface area contributed by atoms with Gasteiger partial charge in [0, 0.05) is 33.8 Å². The highest BCUT2D eigenvalue weighted by atomic mass is 32.1. The minimum Gasteiger partial charge on any atom is -0.345 e. The fourth-order valence-electron chi connectivity index (χ4n) is 2.77. The summed E-state index contributed by atoms with van der Waals surface area (Å²) in [6, 6.07) is 12.5. The fraction of sp³-hybridized carbons (Fsp3) is 0.111. The molecule has 3 heterocycles. The molecule has 22 heavy (non-hydrogen) atoms. The van der Waals surface area contributed by atoms with Gasteiger partial charge in [0.25, 0.3) is 0 Å². The highest BCUT2D eigenvalue weighted by molar-refractivity contribution is 7.11. The van der Waals surface area contributed by atoms with Gasteiger partial charge in [-0.25, -0.2) is 9.97 Å². The molecule has 0 amide bonds. The first kappa shape index (κ1) is 13.2. The zero-order valence-corrected chi connectivity index (χ0v) is 13.2. The Balaban J connectivity index is 1.92. The fourth-order valence-corrected chi connectivity index (χ4v) is 3.60. The molecular formula is C18H15N3S. The van der Waals surface area contributed by atoms with Gasteiger partial charge in [-0.2, -0.15) is 0 Å². The third-order valence-electron chi connectivity index (χ3n) is 3.80. The average Bonchev–Trinajstić information content (AvgIpc) is 3.10. The quantitative estimate of drug-likeness (QED) is 0.568. The summed E-state index contributed by atoms with van der Waals surface area (Å²) in [5, 5.41) is 2.21. The van der Waals surface area contributed by atoms with Crippen LogP contribution in [0.4, 0.5) is 0 Å². The molecule has 4 aromatic rings. The summed E-state index contributed by atoms with van der Waals surface area (Å²) < 4.78 is 0. The molecule has 0 aliphatic carbocycles. The molecule has 108 valence electrons. The second-order valence-corrected chi connectivity index (χ2v) is 6.73. The van der Waals surface area contributed by atoms with Crippen LogP contribution in [0.3, 0.4) is 0 Å². The van der Waals surface area contributed by atoms with Gasteiger partial charge in [-0.15, -0.1) is 11.3 Å². The molecule has 0 radical (unpaired) electrons. The van der Waals surface area contributed by atoms with Crippen molar-refractivity contribution in [2.45, 2.75) is 13.8 Å². The maximum Gasteiger partial charge on any atom is 0.137 e. The summed E-state index contributed by atoms with van der Waals surface area (Å²) in [5.41, 5.74) is 5.39. The smallest absolute Gasteiger partial charge is 0.137 e. The standard InChI is InChI=1S/C18H15N3S/c1-11-17(21-12(2)22-11)16-10-20-18-15(16)8-14(9-19-18)13-6-4-3-5-7-13/h3-10H,1-2H3,(H,19,20). The van der Waals surface area contributed by atoms with Gasteiger partial charge in [-0.3, -0.25) is 0 Å². The molecule has 0 saturated carbocycles. The monoisotopic (exact) mass is 305 g/mol. The second-order valence-electron chi connectivity index (χ2n) is 5.33. The van der Waals surface area contributed by atoms with E-state index in [0.29, 0.717) is 0 Å². The molecule has 4 rings (SSSR count). The number of fused-ring (bicyclic) bond motifs is 1. The Bertz CT molecular complexity index is 951. The van der Waals surface area contributed by atoms with E-state index in [0.717, 1.165) is 32.9 Å². The topological polar surface area (TPSA) is 41.6 Å². The Morgan fingerprint density at radius 1 is 1.05 bits per heavy atom. The predicted octanol–water partition coefficient (Wildman–Crippen LogP) is 4.97. The lowest BCUT2D eigenvalue weighted by molar-refractivity contribution is 1.28. The minimum absolute atomic E-state index is 0.903. The lowest BCUT2D eigenvalue weighted by Gasteiger charge is -2.02. The van der Waals surface area contributed by atoms with Crippen LogP contribution >= 0.6 is 11.3 Å². The Morgan fingerprint density at radius 3 is 2.59 bits per heavy atom. The maximum absolute atomic E-state index is 4.68. The van der Waals surface area contributed by atoms with Crippen molar-refractivity contribution in [3.05, 3.63) is 58.7 Å². The Labute approximate surface area is 132 Å². The molecule has 0 unspecified atom stereocenters. The van der Waals surface area contributed by atoms with Crippen LogP contribution in [0.15, 0.2) is 48.8 Å². The molecule has 0 atom stereocenters. The van der Waals surface area contributed by atoms with E-state index in [1.807, 2.05) is 37.5 Å². The van der Waals surface area contributed by atoms with E-state index in [1.165, 1.54) is 10.4 Å². The normalized spacial score (nSPS) is 11.2. The van der Waals surface area contributed by atoms with E-state index in [4.69, 9.17) is 0 Å². The largest absolute Gasteiger partial charge is 0.345 e. The summed E-state index contributed by atoms with van der Waals surface area (Å²) in [4.78, 5) is 13.7. The lowest BCUT2D eigenvalue weighted by atomic mass is 10.0. The highest BCUT2D eigenvalue weighted by Crippen LogP contribution is 2.34.